The summed E-state index contributed by atoms with van der Waals surface area (Å²) in [5, 5.41) is 0. The van der Waals surface area contributed by atoms with Gasteiger partial charge >= 0.3 is 0 Å². The molecule has 0 saturated carbocycles. The highest BCUT2D eigenvalue weighted by Crippen LogP contribution is 2.53. The van der Waals surface area contributed by atoms with Crippen molar-refractivity contribution in [1.82, 2.24) is 0 Å². The van der Waals surface area contributed by atoms with Crippen LogP contribution in [-0.4, -0.2) is 23.9 Å². The minimum absolute atomic E-state index is 0.309. The molecule has 0 bridgehead atoms. The summed E-state index contributed by atoms with van der Waals surface area (Å²) in [6.07, 6.45) is 4.44. The normalized spacial score (nSPS) is 15.4. The zero-order valence-electron chi connectivity index (χ0n) is 8.02. The van der Waals surface area contributed by atoms with Gasteiger partial charge in [0, 0.05) is 4.75 Å². The molecular weight excluding hydrogens is 144 g/mol. The lowest BCUT2D eigenvalue weighted by atomic mass is 10.3. The molecule has 0 amide bonds. The molecule has 0 aliphatic heterocycles. The first kappa shape index (κ1) is 10.3. The molecule has 0 heterocycles. The van der Waals surface area contributed by atoms with Crippen LogP contribution in [0.15, 0.2) is 0 Å². The van der Waals surface area contributed by atoms with Gasteiger partial charge < -0.3 is 4.18 Å². The molecule has 0 radical (unpaired) electrons. The maximum Gasteiger partial charge on any atom is 0.0564 e. The fraction of sp³-hybridized carbons (Fsp3) is 1.00. The minimum Gasteiger partial charge on any atom is -0.337 e. The topological polar surface area (TPSA) is 9.23 Å². The Hall–Kier alpha value is 0.310. The van der Waals surface area contributed by atoms with Crippen LogP contribution >= 0.6 is 10.3 Å². The van der Waals surface area contributed by atoms with Gasteiger partial charge in [-0.15, -0.1) is 10.3 Å². The third kappa shape index (κ3) is 2.51. The summed E-state index contributed by atoms with van der Waals surface area (Å²) in [7, 11) is -0.848. The molecule has 0 unspecified atom stereocenters. The van der Waals surface area contributed by atoms with Crippen molar-refractivity contribution in [3.05, 3.63) is 0 Å². The maximum atomic E-state index is 5.68. The van der Waals surface area contributed by atoms with Gasteiger partial charge in [0.25, 0.3) is 0 Å². The van der Waals surface area contributed by atoms with Gasteiger partial charge in [0.2, 0.25) is 0 Å². The van der Waals surface area contributed by atoms with E-state index in [-0.39, 0.29) is 0 Å². The second kappa shape index (κ2) is 3.14. The second-order valence-electron chi connectivity index (χ2n) is 3.75. The molecule has 0 saturated heterocycles. The van der Waals surface area contributed by atoms with Crippen molar-refractivity contribution < 1.29 is 4.18 Å². The van der Waals surface area contributed by atoms with Gasteiger partial charge in [-0.25, -0.2) is 0 Å². The highest BCUT2D eigenvalue weighted by atomic mass is 32.3. The van der Waals surface area contributed by atoms with Crippen molar-refractivity contribution in [3.8, 4) is 0 Å². The van der Waals surface area contributed by atoms with Crippen LogP contribution in [0.5, 0.6) is 0 Å². The molecular formula is C8H20OS. The van der Waals surface area contributed by atoms with Gasteiger partial charge in [0.05, 0.1) is 6.61 Å². The molecule has 0 N–H and O–H groups in total. The first-order valence-electron chi connectivity index (χ1n) is 3.68. The summed E-state index contributed by atoms with van der Waals surface area (Å²) in [4.78, 5) is 0. The van der Waals surface area contributed by atoms with Crippen LogP contribution in [0.3, 0.4) is 0 Å². The van der Waals surface area contributed by atoms with Gasteiger partial charge in [0.15, 0.2) is 0 Å². The van der Waals surface area contributed by atoms with E-state index >= 15 is 0 Å². The van der Waals surface area contributed by atoms with Crippen LogP contribution < -0.4 is 0 Å². The predicted molar refractivity (Wildman–Crippen MR) is 50.8 cm³/mol. The first-order chi connectivity index (χ1) is 4.31. The highest BCUT2D eigenvalue weighted by Gasteiger charge is 2.27. The van der Waals surface area contributed by atoms with Gasteiger partial charge in [-0.2, -0.15) is 0 Å². The second-order valence-corrected chi connectivity index (χ2v) is 7.68. The van der Waals surface area contributed by atoms with Crippen molar-refractivity contribution in [2.24, 2.45) is 0 Å². The first-order valence-corrected chi connectivity index (χ1v) is 6.06. The molecule has 0 fully saturated rings. The summed E-state index contributed by atoms with van der Waals surface area (Å²) in [5.74, 6) is 0. The van der Waals surface area contributed by atoms with Crippen molar-refractivity contribution in [2.75, 3.05) is 19.1 Å². The van der Waals surface area contributed by atoms with Crippen LogP contribution in [0.1, 0.15) is 27.7 Å². The van der Waals surface area contributed by atoms with Crippen LogP contribution in [-0.2, 0) is 4.18 Å². The standard InChI is InChI=1S/C8H20OS/c1-7-9-10(5,6)8(2,3)4/h7H2,1-6H3. The zero-order valence-corrected chi connectivity index (χ0v) is 8.84. The monoisotopic (exact) mass is 164 g/mol. The van der Waals surface area contributed by atoms with E-state index in [0.29, 0.717) is 4.75 Å². The minimum atomic E-state index is -0.848. The Labute approximate surface area is 66.7 Å². The molecule has 0 atom stereocenters. The van der Waals surface area contributed by atoms with Crippen LogP contribution in [0.4, 0.5) is 0 Å². The van der Waals surface area contributed by atoms with E-state index in [1.54, 1.807) is 0 Å². The van der Waals surface area contributed by atoms with Gasteiger partial charge in [0.1, 0.15) is 0 Å². The number of hydrogen-bond acceptors (Lipinski definition) is 1. The number of hydrogen-bond donors (Lipinski definition) is 0. The van der Waals surface area contributed by atoms with Crippen molar-refractivity contribution in [1.29, 1.82) is 0 Å². The number of rotatable bonds is 2. The van der Waals surface area contributed by atoms with Crippen LogP contribution in [0, 0.1) is 0 Å². The Balaban J connectivity index is 4.10. The molecule has 0 rings (SSSR count). The SMILES string of the molecule is CCOS(C)(C)C(C)(C)C. The molecule has 0 aliphatic carbocycles. The van der Waals surface area contributed by atoms with Gasteiger partial charge in [-0.3, -0.25) is 0 Å². The van der Waals surface area contributed by atoms with Gasteiger partial charge in [-0.1, -0.05) is 20.8 Å². The average molecular weight is 164 g/mol. The summed E-state index contributed by atoms with van der Waals surface area (Å²) in [5.41, 5.74) is 0. The summed E-state index contributed by atoms with van der Waals surface area (Å²) in [6.45, 7) is 9.59. The fourth-order valence-corrected chi connectivity index (χ4v) is 1.41. The Bertz CT molecular complexity index is 102. The molecule has 2 heteroatoms. The largest absolute Gasteiger partial charge is 0.337 e. The molecule has 10 heavy (non-hydrogen) atoms. The smallest absolute Gasteiger partial charge is 0.0564 e. The van der Waals surface area contributed by atoms with E-state index in [1.807, 2.05) is 0 Å². The lowest BCUT2D eigenvalue weighted by Crippen LogP contribution is -2.24. The molecule has 64 valence electrons. The fourth-order valence-electron chi connectivity index (χ4n) is 0.471. The third-order valence-corrected chi connectivity index (χ3v) is 5.66. The Morgan fingerprint density at radius 2 is 1.60 bits per heavy atom. The lowest BCUT2D eigenvalue weighted by Gasteiger charge is -2.43. The zero-order chi connectivity index (χ0) is 8.41. The molecule has 0 aromatic heterocycles. The van der Waals surface area contributed by atoms with Crippen molar-refractivity contribution in [3.63, 3.8) is 0 Å². The summed E-state index contributed by atoms with van der Waals surface area (Å²) in [6, 6.07) is 0. The van der Waals surface area contributed by atoms with Crippen molar-refractivity contribution in [2.45, 2.75) is 32.4 Å². The summed E-state index contributed by atoms with van der Waals surface area (Å²) >= 11 is 0. The maximum absolute atomic E-state index is 5.68. The van der Waals surface area contributed by atoms with E-state index in [2.05, 4.69) is 40.2 Å². The molecule has 0 spiro atoms. The van der Waals surface area contributed by atoms with Crippen molar-refractivity contribution >= 4 is 10.3 Å². The molecule has 0 aliphatic rings. The van der Waals surface area contributed by atoms with E-state index < -0.39 is 10.3 Å². The highest BCUT2D eigenvalue weighted by molar-refractivity contribution is 8.29. The van der Waals surface area contributed by atoms with Crippen LogP contribution in [0.25, 0.3) is 0 Å². The van der Waals surface area contributed by atoms with Crippen LogP contribution in [0.2, 0.25) is 0 Å². The quantitative estimate of drug-likeness (QED) is 0.610. The summed E-state index contributed by atoms with van der Waals surface area (Å²) < 4.78 is 5.99. The van der Waals surface area contributed by atoms with E-state index in [1.165, 1.54) is 0 Å². The Kier molecular flexibility index (Phi) is 3.24. The molecule has 0 aromatic carbocycles. The molecule has 1 nitrogen and oxygen atoms in total. The third-order valence-electron chi connectivity index (χ3n) is 1.89. The van der Waals surface area contributed by atoms with E-state index in [0.717, 1.165) is 6.61 Å². The van der Waals surface area contributed by atoms with E-state index in [9.17, 15) is 0 Å². The predicted octanol–water partition coefficient (Wildman–Crippen LogP) is 2.80. The Morgan fingerprint density at radius 3 is 1.70 bits per heavy atom. The Morgan fingerprint density at radius 1 is 1.20 bits per heavy atom. The molecule has 0 aromatic rings. The lowest BCUT2D eigenvalue weighted by molar-refractivity contribution is 0.374. The average Bonchev–Trinajstić information content (AvgIpc) is 1.61. The van der Waals surface area contributed by atoms with E-state index in [4.69, 9.17) is 4.18 Å². The van der Waals surface area contributed by atoms with Gasteiger partial charge in [-0.05, 0) is 19.4 Å².